The van der Waals surface area contributed by atoms with Crippen LogP contribution in [0, 0.1) is 12.8 Å². The lowest BCUT2D eigenvalue weighted by Gasteiger charge is -2.14. The molecule has 1 aromatic carbocycles. The third-order valence-corrected chi connectivity index (χ3v) is 5.08. The highest BCUT2D eigenvalue weighted by atomic mass is 16.2. The van der Waals surface area contributed by atoms with Crippen molar-refractivity contribution in [1.82, 2.24) is 20.1 Å². The Labute approximate surface area is 158 Å². The van der Waals surface area contributed by atoms with E-state index in [1.807, 2.05) is 12.1 Å². The van der Waals surface area contributed by atoms with Gasteiger partial charge in [-0.05, 0) is 49.8 Å². The molecule has 1 fully saturated rings. The number of rotatable bonds is 5. The molecule has 3 atom stereocenters. The molecule has 6 heteroatoms. The number of aryl methyl sites for hydroxylation is 1. The molecular formula is C21H23N5O. The van der Waals surface area contributed by atoms with Crippen LogP contribution in [0.1, 0.15) is 30.4 Å². The number of urea groups is 1. The van der Waals surface area contributed by atoms with Crippen molar-refractivity contribution in [3.05, 3.63) is 72.3 Å². The summed E-state index contributed by atoms with van der Waals surface area (Å²) in [7, 11) is 0. The van der Waals surface area contributed by atoms with Crippen molar-refractivity contribution < 1.29 is 4.79 Å². The van der Waals surface area contributed by atoms with Crippen LogP contribution in [0.5, 0.6) is 0 Å². The molecule has 6 nitrogen and oxygen atoms in total. The number of carbonyl (C=O) groups excluding carboxylic acids is 1. The molecule has 2 aromatic heterocycles. The van der Waals surface area contributed by atoms with Crippen molar-refractivity contribution in [1.29, 1.82) is 0 Å². The Hall–Kier alpha value is -3.15. The van der Waals surface area contributed by atoms with Crippen LogP contribution >= 0.6 is 0 Å². The van der Waals surface area contributed by atoms with Gasteiger partial charge < -0.3 is 10.6 Å². The van der Waals surface area contributed by atoms with Crippen molar-refractivity contribution in [2.45, 2.75) is 32.2 Å². The maximum atomic E-state index is 12.3. The van der Waals surface area contributed by atoms with Gasteiger partial charge in [0.05, 0.1) is 23.8 Å². The second-order valence-electron chi connectivity index (χ2n) is 7.19. The maximum Gasteiger partial charge on any atom is 0.319 e. The maximum absolute atomic E-state index is 12.3. The van der Waals surface area contributed by atoms with Gasteiger partial charge in [-0.3, -0.25) is 4.98 Å². The van der Waals surface area contributed by atoms with Crippen LogP contribution in [0.4, 0.5) is 10.5 Å². The zero-order chi connectivity index (χ0) is 18.8. The van der Waals surface area contributed by atoms with E-state index in [1.165, 1.54) is 11.1 Å². The van der Waals surface area contributed by atoms with Gasteiger partial charge in [0.2, 0.25) is 0 Å². The topological polar surface area (TPSA) is 71.8 Å². The van der Waals surface area contributed by atoms with Gasteiger partial charge in [0.1, 0.15) is 0 Å². The van der Waals surface area contributed by atoms with Crippen LogP contribution in [0.2, 0.25) is 0 Å². The third kappa shape index (κ3) is 4.00. The number of pyridine rings is 1. The number of nitrogens with zero attached hydrogens (tertiary/aromatic N) is 3. The number of anilines is 1. The first kappa shape index (κ1) is 17.3. The predicted molar refractivity (Wildman–Crippen MR) is 105 cm³/mol. The van der Waals surface area contributed by atoms with Crippen LogP contribution in [-0.4, -0.2) is 26.8 Å². The molecule has 3 unspecified atom stereocenters. The fourth-order valence-electron chi connectivity index (χ4n) is 3.56. The smallest absolute Gasteiger partial charge is 0.319 e. The number of hydrogen-bond acceptors (Lipinski definition) is 3. The van der Waals surface area contributed by atoms with Gasteiger partial charge >= 0.3 is 6.03 Å². The molecule has 27 heavy (non-hydrogen) atoms. The SMILES string of the molecule is Cc1cccc(C2CC2C(C)NC(=O)Nc2cnn(-c3ccncc3)c2)c1. The third-order valence-electron chi connectivity index (χ3n) is 5.08. The van der Waals surface area contributed by atoms with E-state index in [0.29, 0.717) is 17.5 Å². The zero-order valence-electron chi connectivity index (χ0n) is 15.5. The number of amides is 2. The van der Waals surface area contributed by atoms with E-state index in [9.17, 15) is 4.79 Å². The molecule has 1 aliphatic rings. The Morgan fingerprint density at radius 1 is 1.26 bits per heavy atom. The summed E-state index contributed by atoms with van der Waals surface area (Å²) >= 11 is 0. The summed E-state index contributed by atoms with van der Waals surface area (Å²) in [5.41, 5.74) is 4.20. The molecule has 0 radical (unpaired) electrons. The standard InChI is InChI=1S/C21H23N5O/c1-14-4-3-5-16(10-14)20-11-19(20)15(2)24-21(27)25-17-12-23-26(13-17)18-6-8-22-9-7-18/h3-10,12-13,15,19-20H,11H2,1-2H3,(H2,24,25,27). The van der Waals surface area contributed by atoms with Crippen molar-refractivity contribution in [2.24, 2.45) is 5.92 Å². The van der Waals surface area contributed by atoms with E-state index in [4.69, 9.17) is 0 Å². The summed E-state index contributed by atoms with van der Waals surface area (Å²) in [6.45, 7) is 4.18. The van der Waals surface area contributed by atoms with Gasteiger partial charge in [-0.25, -0.2) is 9.48 Å². The van der Waals surface area contributed by atoms with Gasteiger partial charge in [-0.1, -0.05) is 29.8 Å². The second-order valence-corrected chi connectivity index (χ2v) is 7.19. The van der Waals surface area contributed by atoms with Gasteiger partial charge in [0.15, 0.2) is 0 Å². The van der Waals surface area contributed by atoms with Crippen molar-refractivity contribution in [3.8, 4) is 5.69 Å². The van der Waals surface area contributed by atoms with Crippen molar-refractivity contribution >= 4 is 11.7 Å². The Morgan fingerprint density at radius 3 is 2.85 bits per heavy atom. The Bertz CT molecular complexity index is 937. The first-order chi connectivity index (χ1) is 13.1. The highest BCUT2D eigenvalue weighted by Gasteiger charge is 2.42. The summed E-state index contributed by atoms with van der Waals surface area (Å²) in [5, 5.41) is 10.2. The molecule has 4 rings (SSSR count). The summed E-state index contributed by atoms with van der Waals surface area (Å²) in [6.07, 6.45) is 7.95. The van der Waals surface area contributed by atoms with E-state index < -0.39 is 0 Å². The molecule has 138 valence electrons. The molecule has 2 amide bonds. The number of aromatic nitrogens is 3. The fourth-order valence-corrected chi connectivity index (χ4v) is 3.56. The number of benzene rings is 1. The second kappa shape index (κ2) is 7.23. The molecule has 3 aromatic rings. The summed E-state index contributed by atoms with van der Waals surface area (Å²) in [5.74, 6) is 1.02. The lowest BCUT2D eigenvalue weighted by molar-refractivity contribution is 0.248. The molecule has 1 aliphatic carbocycles. The molecule has 2 N–H and O–H groups in total. The Balaban J connectivity index is 1.32. The van der Waals surface area contributed by atoms with Crippen molar-refractivity contribution in [3.63, 3.8) is 0 Å². The Kier molecular flexibility index (Phi) is 4.62. The average Bonchev–Trinajstić information content (AvgIpc) is 3.35. The first-order valence-corrected chi connectivity index (χ1v) is 9.19. The van der Waals surface area contributed by atoms with E-state index in [2.05, 4.69) is 58.8 Å². The average molecular weight is 361 g/mol. The summed E-state index contributed by atoms with van der Waals surface area (Å²) in [4.78, 5) is 16.3. The Morgan fingerprint density at radius 2 is 2.07 bits per heavy atom. The minimum Gasteiger partial charge on any atom is -0.335 e. The van der Waals surface area contributed by atoms with E-state index in [1.54, 1.807) is 29.5 Å². The molecule has 2 heterocycles. The predicted octanol–water partition coefficient (Wildman–Crippen LogP) is 3.89. The van der Waals surface area contributed by atoms with Gasteiger partial charge in [0.25, 0.3) is 0 Å². The van der Waals surface area contributed by atoms with Crippen LogP contribution in [-0.2, 0) is 0 Å². The van der Waals surface area contributed by atoms with E-state index in [-0.39, 0.29) is 12.1 Å². The lowest BCUT2D eigenvalue weighted by atomic mass is 10.0. The van der Waals surface area contributed by atoms with Crippen LogP contribution in [0.3, 0.4) is 0 Å². The van der Waals surface area contributed by atoms with Crippen LogP contribution in [0.15, 0.2) is 61.2 Å². The van der Waals surface area contributed by atoms with Gasteiger partial charge in [0, 0.05) is 18.4 Å². The molecule has 0 saturated heterocycles. The first-order valence-electron chi connectivity index (χ1n) is 9.19. The van der Waals surface area contributed by atoms with Gasteiger partial charge in [-0.15, -0.1) is 0 Å². The van der Waals surface area contributed by atoms with Crippen molar-refractivity contribution in [2.75, 3.05) is 5.32 Å². The quantitative estimate of drug-likeness (QED) is 0.724. The van der Waals surface area contributed by atoms with Crippen LogP contribution < -0.4 is 10.6 Å². The highest BCUT2D eigenvalue weighted by molar-refractivity contribution is 5.89. The largest absolute Gasteiger partial charge is 0.335 e. The molecule has 0 aliphatic heterocycles. The number of carbonyl (C=O) groups is 1. The monoisotopic (exact) mass is 361 g/mol. The lowest BCUT2D eigenvalue weighted by Crippen LogP contribution is -2.37. The minimum atomic E-state index is -0.202. The highest BCUT2D eigenvalue weighted by Crippen LogP contribution is 2.49. The van der Waals surface area contributed by atoms with Crippen LogP contribution in [0.25, 0.3) is 5.69 Å². The molecule has 1 saturated carbocycles. The van der Waals surface area contributed by atoms with E-state index in [0.717, 1.165) is 12.1 Å². The molecule has 0 spiro atoms. The zero-order valence-corrected chi connectivity index (χ0v) is 15.5. The minimum absolute atomic E-state index is 0.116. The summed E-state index contributed by atoms with van der Waals surface area (Å²) < 4.78 is 1.70. The molecule has 0 bridgehead atoms. The number of nitrogens with one attached hydrogen (secondary N) is 2. The number of hydrogen-bond donors (Lipinski definition) is 2. The molecular weight excluding hydrogens is 338 g/mol. The fraction of sp³-hybridized carbons (Fsp3) is 0.286. The van der Waals surface area contributed by atoms with E-state index >= 15 is 0 Å². The normalized spacial score (nSPS) is 19.3. The van der Waals surface area contributed by atoms with Gasteiger partial charge in [-0.2, -0.15) is 5.10 Å². The summed E-state index contributed by atoms with van der Waals surface area (Å²) in [6, 6.07) is 12.3.